The number of fused-ring (bicyclic) bond motifs is 1. The lowest BCUT2D eigenvalue weighted by atomic mass is 9.95. The molecule has 1 aliphatic carbocycles. The fourth-order valence-electron chi connectivity index (χ4n) is 3.99. The first-order chi connectivity index (χ1) is 12.2. The Labute approximate surface area is 148 Å². The number of hydrogen-bond acceptors (Lipinski definition) is 4. The van der Waals surface area contributed by atoms with Gasteiger partial charge in [-0.25, -0.2) is 14.4 Å². The molecule has 0 bridgehead atoms. The first-order valence-electron chi connectivity index (χ1n) is 9.33. The number of nitrogens with zero attached hydrogens (tertiary/aromatic N) is 3. The Morgan fingerprint density at radius 2 is 1.84 bits per heavy atom. The molecular weight excluding hydrogens is 315 g/mol. The molecule has 0 radical (unpaired) electrons. The van der Waals surface area contributed by atoms with Crippen molar-refractivity contribution in [1.82, 2.24) is 9.97 Å². The second-order valence-corrected chi connectivity index (χ2v) is 7.11. The van der Waals surface area contributed by atoms with Crippen molar-refractivity contribution in [3.8, 4) is 0 Å². The highest BCUT2D eigenvalue weighted by molar-refractivity contribution is 5.51. The van der Waals surface area contributed by atoms with Crippen molar-refractivity contribution in [3.63, 3.8) is 0 Å². The number of aromatic nitrogens is 2. The molecule has 4 rings (SSSR count). The van der Waals surface area contributed by atoms with Crippen molar-refractivity contribution in [2.45, 2.75) is 51.5 Å². The molecule has 0 amide bonds. The summed E-state index contributed by atoms with van der Waals surface area (Å²) in [5, 5.41) is 3.36. The van der Waals surface area contributed by atoms with Gasteiger partial charge >= 0.3 is 0 Å². The molecule has 5 heteroatoms. The Kier molecular flexibility index (Phi) is 4.55. The molecule has 1 aliphatic heterocycles. The summed E-state index contributed by atoms with van der Waals surface area (Å²) in [6, 6.07) is 7.23. The lowest BCUT2D eigenvalue weighted by molar-refractivity contribution is 0.515. The van der Waals surface area contributed by atoms with E-state index >= 15 is 0 Å². The number of benzene rings is 1. The number of halogens is 1. The fourth-order valence-corrected chi connectivity index (χ4v) is 3.99. The maximum absolute atomic E-state index is 13.8. The van der Waals surface area contributed by atoms with Gasteiger partial charge in [0.25, 0.3) is 0 Å². The smallest absolute Gasteiger partial charge is 0.146 e. The van der Waals surface area contributed by atoms with Gasteiger partial charge in [0.05, 0.1) is 5.69 Å². The van der Waals surface area contributed by atoms with E-state index in [2.05, 4.69) is 15.2 Å². The maximum atomic E-state index is 13.8. The summed E-state index contributed by atoms with van der Waals surface area (Å²) in [6.45, 7) is 3.90. The average molecular weight is 340 g/mol. The van der Waals surface area contributed by atoms with Gasteiger partial charge in [0.2, 0.25) is 0 Å². The van der Waals surface area contributed by atoms with Crippen LogP contribution in [0.15, 0.2) is 24.3 Å². The number of rotatable bonds is 3. The minimum Gasteiger partial charge on any atom is -0.380 e. The van der Waals surface area contributed by atoms with E-state index in [4.69, 9.17) is 4.98 Å². The third-order valence-electron chi connectivity index (χ3n) is 5.30. The molecule has 2 aliphatic rings. The van der Waals surface area contributed by atoms with Gasteiger partial charge in [-0.3, -0.25) is 0 Å². The molecule has 25 heavy (non-hydrogen) atoms. The van der Waals surface area contributed by atoms with Gasteiger partial charge < -0.3 is 10.2 Å². The van der Waals surface area contributed by atoms with E-state index in [1.807, 2.05) is 19.1 Å². The zero-order valence-corrected chi connectivity index (χ0v) is 14.8. The van der Waals surface area contributed by atoms with E-state index < -0.39 is 0 Å². The zero-order valence-electron chi connectivity index (χ0n) is 14.8. The van der Waals surface area contributed by atoms with Gasteiger partial charge in [0.1, 0.15) is 17.5 Å². The van der Waals surface area contributed by atoms with E-state index in [0.717, 1.165) is 50.4 Å². The minimum atomic E-state index is -0.176. The summed E-state index contributed by atoms with van der Waals surface area (Å²) >= 11 is 0. The van der Waals surface area contributed by atoms with Crippen molar-refractivity contribution in [2.75, 3.05) is 23.3 Å². The van der Waals surface area contributed by atoms with Crippen molar-refractivity contribution >= 4 is 11.5 Å². The number of piperidine rings is 1. The Bertz CT molecular complexity index is 753. The first-order valence-corrected chi connectivity index (χ1v) is 9.33. The van der Waals surface area contributed by atoms with Crippen LogP contribution in [0.2, 0.25) is 0 Å². The van der Waals surface area contributed by atoms with Gasteiger partial charge in [0.15, 0.2) is 0 Å². The molecule has 1 aromatic carbocycles. The second-order valence-electron chi connectivity index (χ2n) is 7.11. The standard InChI is InChI=1S/C20H25FN4/c1-14-22-18-8-4-2-6-16(18)20(23-14)25-12-10-15(11-13-25)24-19-9-5-3-7-17(19)21/h3,5,7,9,15,24H,2,4,6,8,10-13H2,1H3. The van der Waals surface area contributed by atoms with E-state index in [0.29, 0.717) is 11.7 Å². The molecule has 0 unspecified atom stereocenters. The lowest BCUT2D eigenvalue weighted by Crippen LogP contribution is -2.40. The van der Waals surface area contributed by atoms with Gasteiger partial charge in [0, 0.05) is 30.4 Å². The molecule has 1 saturated heterocycles. The van der Waals surface area contributed by atoms with Crippen LogP contribution in [0.4, 0.5) is 15.9 Å². The van der Waals surface area contributed by atoms with Crippen molar-refractivity contribution in [2.24, 2.45) is 0 Å². The highest BCUT2D eigenvalue weighted by atomic mass is 19.1. The number of para-hydroxylation sites is 1. The summed E-state index contributed by atoms with van der Waals surface area (Å²) in [4.78, 5) is 11.8. The third kappa shape index (κ3) is 3.46. The summed E-state index contributed by atoms with van der Waals surface area (Å²) < 4.78 is 13.8. The topological polar surface area (TPSA) is 41.1 Å². The molecular formula is C20H25FN4. The van der Waals surface area contributed by atoms with Crippen molar-refractivity contribution in [3.05, 3.63) is 47.2 Å². The predicted octanol–water partition coefficient (Wildman–Crippen LogP) is 3.88. The number of nitrogens with one attached hydrogen (secondary N) is 1. The fraction of sp³-hybridized carbons (Fsp3) is 0.500. The third-order valence-corrected chi connectivity index (χ3v) is 5.30. The van der Waals surface area contributed by atoms with E-state index in [-0.39, 0.29) is 5.82 Å². The highest BCUT2D eigenvalue weighted by Crippen LogP contribution is 2.30. The largest absolute Gasteiger partial charge is 0.380 e. The van der Waals surface area contributed by atoms with Crippen LogP contribution in [0.1, 0.15) is 42.8 Å². The Balaban J connectivity index is 1.46. The predicted molar refractivity (Wildman–Crippen MR) is 98.7 cm³/mol. The number of anilines is 2. The van der Waals surface area contributed by atoms with Crippen LogP contribution in [0, 0.1) is 12.7 Å². The molecule has 132 valence electrons. The summed E-state index contributed by atoms with van der Waals surface area (Å²) in [7, 11) is 0. The number of hydrogen-bond donors (Lipinski definition) is 1. The van der Waals surface area contributed by atoms with Crippen LogP contribution < -0.4 is 10.2 Å². The first kappa shape index (κ1) is 16.3. The van der Waals surface area contributed by atoms with E-state index in [1.54, 1.807) is 6.07 Å². The summed E-state index contributed by atoms with van der Waals surface area (Å²) in [6.07, 6.45) is 6.63. The van der Waals surface area contributed by atoms with Gasteiger partial charge in [-0.1, -0.05) is 12.1 Å². The molecule has 0 atom stereocenters. The van der Waals surface area contributed by atoms with Gasteiger partial charge in [-0.2, -0.15) is 0 Å². The Morgan fingerprint density at radius 3 is 2.64 bits per heavy atom. The normalized spacial score (nSPS) is 18.1. The molecule has 0 spiro atoms. The van der Waals surface area contributed by atoms with Crippen LogP contribution >= 0.6 is 0 Å². The monoisotopic (exact) mass is 340 g/mol. The molecule has 1 aromatic heterocycles. The van der Waals surface area contributed by atoms with Crippen molar-refractivity contribution in [1.29, 1.82) is 0 Å². The van der Waals surface area contributed by atoms with Crippen LogP contribution in [-0.2, 0) is 12.8 Å². The molecule has 0 saturated carbocycles. The summed E-state index contributed by atoms with van der Waals surface area (Å²) in [5.74, 6) is 1.85. The van der Waals surface area contributed by atoms with E-state index in [1.165, 1.54) is 30.2 Å². The van der Waals surface area contributed by atoms with E-state index in [9.17, 15) is 4.39 Å². The van der Waals surface area contributed by atoms with Crippen LogP contribution in [0.3, 0.4) is 0 Å². The second kappa shape index (κ2) is 6.98. The van der Waals surface area contributed by atoms with Crippen molar-refractivity contribution < 1.29 is 4.39 Å². The van der Waals surface area contributed by atoms with Crippen LogP contribution in [0.5, 0.6) is 0 Å². The van der Waals surface area contributed by atoms with Crippen LogP contribution in [-0.4, -0.2) is 29.1 Å². The molecule has 1 fully saturated rings. The molecule has 2 heterocycles. The average Bonchev–Trinajstić information content (AvgIpc) is 2.63. The number of aryl methyl sites for hydroxylation is 2. The van der Waals surface area contributed by atoms with Crippen LogP contribution in [0.25, 0.3) is 0 Å². The molecule has 4 nitrogen and oxygen atoms in total. The molecule has 2 aromatic rings. The SMILES string of the molecule is Cc1nc2c(c(N3CCC(Nc4ccccc4F)CC3)n1)CCCC2. The minimum absolute atomic E-state index is 0.176. The Hall–Kier alpha value is -2.17. The van der Waals surface area contributed by atoms with Gasteiger partial charge in [-0.15, -0.1) is 0 Å². The zero-order chi connectivity index (χ0) is 17.2. The maximum Gasteiger partial charge on any atom is 0.146 e. The highest BCUT2D eigenvalue weighted by Gasteiger charge is 2.25. The molecule has 1 N–H and O–H groups in total. The van der Waals surface area contributed by atoms with Gasteiger partial charge in [-0.05, 0) is 57.6 Å². The lowest BCUT2D eigenvalue weighted by Gasteiger charge is -2.35. The quantitative estimate of drug-likeness (QED) is 0.920. The Morgan fingerprint density at radius 1 is 1.08 bits per heavy atom. The summed E-state index contributed by atoms with van der Waals surface area (Å²) in [5.41, 5.74) is 3.22.